The number of hydrogen-bond acceptors (Lipinski definition) is 3. The van der Waals surface area contributed by atoms with Crippen LogP contribution in [0.5, 0.6) is 0 Å². The Bertz CT molecular complexity index is 916. The number of H-pyrrole nitrogens is 1. The molecule has 2 amide bonds. The molecule has 1 aliphatic carbocycles. The summed E-state index contributed by atoms with van der Waals surface area (Å²) in [5, 5.41) is 4.57. The number of benzene rings is 1. The first kappa shape index (κ1) is 18.9. The first-order chi connectivity index (χ1) is 13.4. The van der Waals surface area contributed by atoms with Crippen LogP contribution in [-0.4, -0.2) is 50.8 Å². The van der Waals surface area contributed by atoms with E-state index in [0.717, 1.165) is 42.3 Å². The number of hydrogen-bond donors (Lipinski definition) is 2. The Balaban J connectivity index is 1.48. The van der Waals surface area contributed by atoms with Gasteiger partial charge in [0.1, 0.15) is 6.04 Å². The second-order valence-corrected chi connectivity index (χ2v) is 8.41. The zero-order chi connectivity index (χ0) is 19.8. The van der Waals surface area contributed by atoms with Crippen LogP contribution in [0.3, 0.4) is 0 Å². The number of aromatic nitrogens is 1. The molecule has 1 atom stereocenters. The molecule has 1 aliphatic heterocycles. The van der Waals surface area contributed by atoms with Crippen molar-refractivity contribution < 1.29 is 9.59 Å². The van der Waals surface area contributed by atoms with Crippen molar-refractivity contribution in [2.45, 2.75) is 51.1 Å². The standard InChI is InChI=1S/C21H26N4O2S/c1-13-3-7-16(8-4-13)25-18(20(27)24(2)21(25)28)12-19(26)23-15-6-5-14-9-10-22-17(14)11-15/h5-6,9-11,13,16,18,22H,3-4,7-8,12H2,1-2H3,(H,23,26). The Morgan fingerprint density at radius 1 is 1.25 bits per heavy atom. The maximum Gasteiger partial charge on any atom is 0.251 e. The van der Waals surface area contributed by atoms with Crippen LogP contribution in [0.25, 0.3) is 10.9 Å². The third-order valence-corrected chi connectivity index (χ3v) is 6.54. The minimum absolute atomic E-state index is 0.0846. The highest BCUT2D eigenvalue weighted by Gasteiger charge is 2.45. The van der Waals surface area contributed by atoms with Gasteiger partial charge in [-0.1, -0.05) is 13.0 Å². The molecule has 1 saturated carbocycles. The molecule has 2 aliphatic rings. The molecule has 0 radical (unpaired) electrons. The SMILES string of the molecule is CC1CCC(N2C(=S)N(C)C(=O)C2CC(=O)Nc2ccc3cc[nH]c3c2)CC1. The van der Waals surface area contributed by atoms with Crippen molar-refractivity contribution in [3.63, 3.8) is 0 Å². The number of thiocarbonyl (C=S) groups is 1. The van der Waals surface area contributed by atoms with Gasteiger partial charge in [-0.25, -0.2) is 0 Å². The quantitative estimate of drug-likeness (QED) is 0.774. The van der Waals surface area contributed by atoms with Gasteiger partial charge in [-0.15, -0.1) is 0 Å². The number of rotatable bonds is 4. The molecule has 6 nitrogen and oxygen atoms in total. The van der Waals surface area contributed by atoms with Crippen molar-refractivity contribution in [3.05, 3.63) is 30.5 Å². The van der Waals surface area contributed by atoms with Gasteiger partial charge in [0.2, 0.25) is 5.91 Å². The summed E-state index contributed by atoms with van der Waals surface area (Å²) in [5.74, 6) is 0.459. The third kappa shape index (κ3) is 3.51. The van der Waals surface area contributed by atoms with E-state index in [4.69, 9.17) is 12.2 Å². The average Bonchev–Trinajstić information content (AvgIpc) is 3.22. The zero-order valence-electron chi connectivity index (χ0n) is 16.3. The molecule has 148 valence electrons. The monoisotopic (exact) mass is 398 g/mol. The van der Waals surface area contributed by atoms with Crippen LogP contribution in [0, 0.1) is 5.92 Å². The highest BCUT2D eigenvalue weighted by atomic mass is 32.1. The topological polar surface area (TPSA) is 68.4 Å². The van der Waals surface area contributed by atoms with E-state index >= 15 is 0 Å². The summed E-state index contributed by atoms with van der Waals surface area (Å²) >= 11 is 5.55. The van der Waals surface area contributed by atoms with E-state index in [1.54, 1.807) is 7.05 Å². The first-order valence-electron chi connectivity index (χ1n) is 9.91. The molecule has 2 aromatic rings. The predicted octanol–water partition coefficient (Wildman–Crippen LogP) is 3.50. The molecular formula is C21H26N4O2S. The van der Waals surface area contributed by atoms with E-state index in [1.807, 2.05) is 35.4 Å². The van der Waals surface area contributed by atoms with Crippen LogP contribution >= 0.6 is 12.2 Å². The van der Waals surface area contributed by atoms with E-state index in [2.05, 4.69) is 17.2 Å². The molecule has 1 unspecified atom stereocenters. The number of carbonyl (C=O) groups is 2. The molecular weight excluding hydrogens is 372 g/mol. The van der Waals surface area contributed by atoms with Crippen molar-refractivity contribution in [3.8, 4) is 0 Å². The largest absolute Gasteiger partial charge is 0.361 e. The number of nitrogens with zero attached hydrogens (tertiary/aromatic N) is 2. The number of nitrogens with one attached hydrogen (secondary N) is 2. The average molecular weight is 399 g/mol. The molecule has 1 aromatic carbocycles. The van der Waals surface area contributed by atoms with Crippen molar-refractivity contribution in [1.29, 1.82) is 0 Å². The second kappa shape index (κ2) is 7.54. The van der Waals surface area contributed by atoms with Crippen LogP contribution in [-0.2, 0) is 9.59 Å². The number of likely N-dealkylation sites (N-methyl/N-ethyl adjacent to an activating group) is 1. The van der Waals surface area contributed by atoms with Gasteiger partial charge in [0, 0.05) is 30.5 Å². The lowest BCUT2D eigenvalue weighted by atomic mass is 9.86. The second-order valence-electron chi connectivity index (χ2n) is 8.05. The maximum absolute atomic E-state index is 12.8. The van der Waals surface area contributed by atoms with Gasteiger partial charge in [0.15, 0.2) is 5.11 Å². The summed E-state index contributed by atoms with van der Waals surface area (Å²) in [4.78, 5) is 32.2. The summed E-state index contributed by atoms with van der Waals surface area (Å²) in [6.07, 6.45) is 6.28. The van der Waals surface area contributed by atoms with E-state index in [0.29, 0.717) is 11.0 Å². The zero-order valence-corrected chi connectivity index (χ0v) is 17.1. The van der Waals surface area contributed by atoms with Crippen LogP contribution < -0.4 is 5.32 Å². The first-order valence-corrected chi connectivity index (χ1v) is 10.3. The van der Waals surface area contributed by atoms with E-state index in [-0.39, 0.29) is 24.3 Å². The normalized spacial score (nSPS) is 25.6. The minimum Gasteiger partial charge on any atom is -0.361 e. The van der Waals surface area contributed by atoms with Crippen LogP contribution in [0.15, 0.2) is 30.5 Å². The van der Waals surface area contributed by atoms with Gasteiger partial charge in [-0.05, 0) is 67.4 Å². The fraction of sp³-hybridized carbons (Fsp3) is 0.476. The highest BCUT2D eigenvalue weighted by molar-refractivity contribution is 7.80. The minimum atomic E-state index is -0.509. The Morgan fingerprint density at radius 3 is 2.75 bits per heavy atom. The molecule has 4 rings (SSSR count). The molecule has 0 bridgehead atoms. The van der Waals surface area contributed by atoms with Gasteiger partial charge in [-0.2, -0.15) is 0 Å². The van der Waals surface area contributed by atoms with Crippen molar-refractivity contribution in [2.75, 3.05) is 12.4 Å². The molecule has 7 heteroatoms. The van der Waals surface area contributed by atoms with Crippen molar-refractivity contribution in [1.82, 2.24) is 14.8 Å². The molecule has 28 heavy (non-hydrogen) atoms. The molecule has 1 aromatic heterocycles. The molecule has 2 N–H and O–H groups in total. The summed E-state index contributed by atoms with van der Waals surface area (Å²) in [6, 6.07) is 7.46. The fourth-order valence-electron chi connectivity index (χ4n) is 4.37. The van der Waals surface area contributed by atoms with Gasteiger partial charge < -0.3 is 15.2 Å². The third-order valence-electron chi connectivity index (χ3n) is 6.06. The fourth-order valence-corrected chi connectivity index (χ4v) is 4.74. The summed E-state index contributed by atoms with van der Waals surface area (Å²) in [5.41, 5.74) is 1.69. The van der Waals surface area contributed by atoms with Crippen LogP contribution in [0.2, 0.25) is 0 Å². The van der Waals surface area contributed by atoms with Gasteiger partial charge in [0.05, 0.1) is 6.42 Å². The summed E-state index contributed by atoms with van der Waals surface area (Å²) in [7, 11) is 1.71. The highest BCUT2D eigenvalue weighted by Crippen LogP contribution is 2.32. The van der Waals surface area contributed by atoms with Gasteiger partial charge in [-0.3, -0.25) is 14.5 Å². The molecule has 2 fully saturated rings. The number of fused-ring (bicyclic) bond motifs is 1. The number of aromatic amines is 1. The molecule has 0 spiro atoms. The van der Waals surface area contributed by atoms with E-state index in [9.17, 15) is 9.59 Å². The van der Waals surface area contributed by atoms with Crippen LogP contribution in [0.4, 0.5) is 5.69 Å². The van der Waals surface area contributed by atoms with Gasteiger partial charge in [0.25, 0.3) is 5.91 Å². The maximum atomic E-state index is 12.8. The van der Waals surface area contributed by atoms with Crippen LogP contribution in [0.1, 0.15) is 39.0 Å². The number of amides is 2. The summed E-state index contributed by atoms with van der Waals surface area (Å²) < 4.78 is 0. The summed E-state index contributed by atoms with van der Waals surface area (Å²) in [6.45, 7) is 2.27. The van der Waals surface area contributed by atoms with E-state index in [1.165, 1.54) is 4.90 Å². The smallest absolute Gasteiger partial charge is 0.251 e. The lowest BCUT2D eigenvalue weighted by Gasteiger charge is -2.36. The van der Waals surface area contributed by atoms with Gasteiger partial charge >= 0.3 is 0 Å². The van der Waals surface area contributed by atoms with E-state index < -0.39 is 6.04 Å². The van der Waals surface area contributed by atoms with Crippen molar-refractivity contribution >= 4 is 45.7 Å². The lowest BCUT2D eigenvalue weighted by Crippen LogP contribution is -2.46. The molecule has 1 saturated heterocycles. The Hall–Kier alpha value is -2.41. The lowest BCUT2D eigenvalue weighted by molar-refractivity contribution is -0.130. The van der Waals surface area contributed by atoms with Crippen molar-refractivity contribution in [2.24, 2.45) is 5.92 Å². The number of carbonyl (C=O) groups excluding carboxylic acids is 2. The Labute approximate surface area is 170 Å². The number of anilines is 1. The Morgan fingerprint density at radius 2 is 2.00 bits per heavy atom. The Kier molecular flexibility index (Phi) is 5.10. The molecule has 2 heterocycles. The predicted molar refractivity (Wildman–Crippen MR) is 114 cm³/mol.